The van der Waals surface area contributed by atoms with Crippen molar-refractivity contribution in [2.75, 3.05) is 0 Å². The third-order valence-corrected chi connectivity index (χ3v) is 1.84. The molecule has 0 bridgehead atoms. The summed E-state index contributed by atoms with van der Waals surface area (Å²) >= 11 is 0. The fraction of sp³-hybridized carbons (Fsp3) is 0.100. The Hall–Kier alpha value is -1.57. The molecule has 0 spiro atoms. The van der Waals surface area contributed by atoms with Crippen molar-refractivity contribution in [3.8, 4) is 0 Å². The highest BCUT2D eigenvalue weighted by Gasteiger charge is 2.10. The van der Waals surface area contributed by atoms with Gasteiger partial charge in [-0.05, 0) is 23.8 Å². The molecule has 0 radical (unpaired) electrons. The molecule has 0 atom stereocenters. The SMILES string of the molecule is OC1=CC=C2C=CC=CN=C2C1. The first-order chi connectivity index (χ1) is 5.86. The van der Waals surface area contributed by atoms with E-state index in [1.54, 1.807) is 12.3 Å². The quantitative estimate of drug-likeness (QED) is 0.577. The van der Waals surface area contributed by atoms with Crippen molar-refractivity contribution >= 4 is 5.71 Å². The Morgan fingerprint density at radius 3 is 3.08 bits per heavy atom. The summed E-state index contributed by atoms with van der Waals surface area (Å²) in [6.07, 6.45) is 11.7. The molecule has 0 unspecified atom stereocenters. The second-order valence-corrected chi connectivity index (χ2v) is 2.73. The van der Waals surface area contributed by atoms with E-state index in [0.29, 0.717) is 12.2 Å². The standard InChI is InChI=1S/C10H9NO/c12-9-5-4-8-3-1-2-6-11-10(8)7-9/h1-6,12H,7H2. The zero-order valence-electron chi connectivity index (χ0n) is 6.57. The lowest BCUT2D eigenvalue weighted by Crippen LogP contribution is -2.05. The van der Waals surface area contributed by atoms with Gasteiger partial charge < -0.3 is 5.11 Å². The van der Waals surface area contributed by atoms with Crippen LogP contribution in [0, 0.1) is 0 Å². The first-order valence-electron chi connectivity index (χ1n) is 3.86. The van der Waals surface area contributed by atoms with Gasteiger partial charge in [0.2, 0.25) is 0 Å². The Balaban J connectivity index is 2.43. The highest BCUT2D eigenvalue weighted by Crippen LogP contribution is 2.17. The summed E-state index contributed by atoms with van der Waals surface area (Å²) in [5.41, 5.74) is 2.01. The van der Waals surface area contributed by atoms with E-state index in [1.165, 1.54) is 0 Å². The maximum atomic E-state index is 9.23. The van der Waals surface area contributed by atoms with Crippen LogP contribution in [0.2, 0.25) is 0 Å². The fourth-order valence-corrected chi connectivity index (χ4v) is 1.23. The average Bonchev–Trinajstić information content (AvgIpc) is 2.28. The molecule has 2 aliphatic rings. The second-order valence-electron chi connectivity index (χ2n) is 2.73. The lowest BCUT2D eigenvalue weighted by molar-refractivity contribution is 0.404. The van der Waals surface area contributed by atoms with Crippen LogP contribution in [0.3, 0.4) is 0 Å². The number of nitrogens with zero attached hydrogens (tertiary/aromatic N) is 1. The minimum atomic E-state index is 0.376. The van der Waals surface area contributed by atoms with E-state index in [1.807, 2.05) is 24.3 Å². The van der Waals surface area contributed by atoms with Crippen LogP contribution in [-0.4, -0.2) is 10.8 Å². The van der Waals surface area contributed by atoms with Gasteiger partial charge in [0.25, 0.3) is 0 Å². The van der Waals surface area contributed by atoms with Gasteiger partial charge >= 0.3 is 0 Å². The summed E-state index contributed by atoms with van der Waals surface area (Å²) in [5.74, 6) is 0.376. The zero-order chi connectivity index (χ0) is 8.39. The minimum Gasteiger partial charge on any atom is -0.512 e. The summed E-state index contributed by atoms with van der Waals surface area (Å²) in [6.45, 7) is 0. The van der Waals surface area contributed by atoms with E-state index < -0.39 is 0 Å². The smallest absolute Gasteiger partial charge is 0.0982 e. The van der Waals surface area contributed by atoms with E-state index in [-0.39, 0.29) is 0 Å². The van der Waals surface area contributed by atoms with Crippen LogP contribution in [0.1, 0.15) is 6.42 Å². The van der Waals surface area contributed by atoms with Crippen molar-refractivity contribution in [3.63, 3.8) is 0 Å². The van der Waals surface area contributed by atoms with Crippen molar-refractivity contribution in [2.24, 2.45) is 4.99 Å². The molecule has 1 N–H and O–H groups in total. The predicted octanol–water partition coefficient (Wildman–Crippen LogP) is 2.28. The summed E-state index contributed by atoms with van der Waals surface area (Å²) in [5, 5.41) is 9.23. The summed E-state index contributed by atoms with van der Waals surface area (Å²) < 4.78 is 0. The number of fused-ring (bicyclic) bond motifs is 1. The maximum Gasteiger partial charge on any atom is 0.0982 e. The van der Waals surface area contributed by atoms with Gasteiger partial charge in [-0.1, -0.05) is 12.2 Å². The molecule has 0 aromatic rings. The molecular formula is C10H9NO. The number of allylic oxidation sites excluding steroid dienone is 7. The topological polar surface area (TPSA) is 32.6 Å². The van der Waals surface area contributed by atoms with Crippen molar-refractivity contribution < 1.29 is 5.11 Å². The van der Waals surface area contributed by atoms with E-state index in [2.05, 4.69) is 4.99 Å². The number of hydrogen-bond acceptors (Lipinski definition) is 2. The molecule has 60 valence electrons. The van der Waals surface area contributed by atoms with Gasteiger partial charge in [-0.2, -0.15) is 0 Å². The Labute approximate surface area is 70.9 Å². The van der Waals surface area contributed by atoms with Gasteiger partial charge in [0.15, 0.2) is 0 Å². The number of hydrogen-bond donors (Lipinski definition) is 1. The van der Waals surface area contributed by atoms with Crippen LogP contribution in [0.4, 0.5) is 0 Å². The predicted molar refractivity (Wildman–Crippen MR) is 49.1 cm³/mol. The molecule has 2 nitrogen and oxygen atoms in total. The molecule has 0 aromatic heterocycles. The van der Waals surface area contributed by atoms with E-state index in [9.17, 15) is 5.11 Å². The highest BCUT2D eigenvalue weighted by atomic mass is 16.3. The Kier molecular flexibility index (Phi) is 1.67. The summed E-state index contributed by atoms with van der Waals surface area (Å²) in [6, 6.07) is 0. The van der Waals surface area contributed by atoms with Crippen LogP contribution in [0.25, 0.3) is 0 Å². The monoisotopic (exact) mass is 159 g/mol. The van der Waals surface area contributed by atoms with Gasteiger partial charge in [0.05, 0.1) is 11.5 Å². The molecule has 0 fully saturated rings. The lowest BCUT2D eigenvalue weighted by atomic mass is 10.0. The maximum absolute atomic E-state index is 9.23. The van der Waals surface area contributed by atoms with Gasteiger partial charge in [-0.15, -0.1) is 0 Å². The summed E-state index contributed by atoms with van der Waals surface area (Å²) in [4.78, 5) is 4.20. The molecule has 0 saturated carbocycles. The minimum absolute atomic E-state index is 0.376. The zero-order valence-corrected chi connectivity index (χ0v) is 6.57. The third kappa shape index (κ3) is 1.23. The molecule has 0 amide bonds. The van der Waals surface area contributed by atoms with Gasteiger partial charge in [-0.25, -0.2) is 0 Å². The van der Waals surface area contributed by atoms with Crippen LogP contribution in [0.5, 0.6) is 0 Å². The molecule has 2 rings (SSSR count). The normalized spacial score (nSPS) is 20.5. The van der Waals surface area contributed by atoms with Crippen molar-refractivity contribution in [1.29, 1.82) is 0 Å². The molecule has 12 heavy (non-hydrogen) atoms. The molecule has 0 saturated heterocycles. The van der Waals surface area contributed by atoms with Crippen molar-refractivity contribution in [1.82, 2.24) is 0 Å². The van der Waals surface area contributed by atoms with Gasteiger partial charge in [-0.3, -0.25) is 4.99 Å². The number of rotatable bonds is 0. The number of aliphatic imine (C=N–C) groups is 1. The number of aliphatic hydroxyl groups is 1. The average molecular weight is 159 g/mol. The van der Waals surface area contributed by atoms with Crippen LogP contribution < -0.4 is 0 Å². The molecule has 1 aliphatic heterocycles. The van der Waals surface area contributed by atoms with Gasteiger partial charge in [0.1, 0.15) is 0 Å². The van der Waals surface area contributed by atoms with Crippen LogP contribution in [-0.2, 0) is 0 Å². The largest absolute Gasteiger partial charge is 0.512 e. The third-order valence-electron chi connectivity index (χ3n) is 1.84. The molecule has 2 heteroatoms. The van der Waals surface area contributed by atoms with E-state index >= 15 is 0 Å². The molecular weight excluding hydrogens is 150 g/mol. The Morgan fingerprint density at radius 1 is 1.25 bits per heavy atom. The van der Waals surface area contributed by atoms with Crippen molar-refractivity contribution in [3.05, 3.63) is 47.9 Å². The van der Waals surface area contributed by atoms with E-state index in [4.69, 9.17) is 0 Å². The second kappa shape index (κ2) is 2.81. The Morgan fingerprint density at radius 2 is 2.17 bits per heavy atom. The lowest BCUT2D eigenvalue weighted by Gasteiger charge is -2.09. The van der Waals surface area contributed by atoms with Crippen LogP contribution >= 0.6 is 0 Å². The summed E-state index contributed by atoms with van der Waals surface area (Å²) in [7, 11) is 0. The first-order valence-corrected chi connectivity index (χ1v) is 3.86. The van der Waals surface area contributed by atoms with E-state index in [0.717, 1.165) is 11.3 Å². The molecule has 1 heterocycles. The van der Waals surface area contributed by atoms with Crippen molar-refractivity contribution in [2.45, 2.75) is 6.42 Å². The molecule has 1 aliphatic carbocycles. The number of aliphatic hydroxyl groups excluding tert-OH is 1. The van der Waals surface area contributed by atoms with Gasteiger partial charge in [0, 0.05) is 12.6 Å². The Bertz CT molecular complexity index is 343. The van der Waals surface area contributed by atoms with Crippen LogP contribution in [0.15, 0.2) is 52.9 Å². The fourth-order valence-electron chi connectivity index (χ4n) is 1.23. The highest BCUT2D eigenvalue weighted by molar-refractivity contribution is 6.05. The molecule has 0 aromatic carbocycles. The first kappa shape index (κ1) is 7.10.